The first kappa shape index (κ1) is 12.5. The number of alkyl halides is 1. The lowest BCUT2D eigenvalue weighted by atomic mass is 10.2. The van der Waals surface area contributed by atoms with Gasteiger partial charge in [0.15, 0.2) is 0 Å². The third-order valence-electron chi connectivity index (χ3n) is 3.02. The Labute approximate surface area is 121 Å². The number of hydrogen-bond donors (Lipinski definition) is 0. The van der Waals surface area contributed by atoms with Crippen LogP contribution in [-0.2, 0) is 6.42 Å². The average Bonchev–Trinajstić information content (AvgIpc) is 2.77. The van der Waals surface area contributed by atoms with Crippen molar-refractivity contribution in [1.29, 1.82) is 0 Å². The quantitative estimate of drug-likeness (QED) is 0.651. The topological polar surface area (TPSA) is 17.8 Å². The zero-order valence-corrected chi connectivity index (χ0v) is 11.7. The maximum atomic E-state index is 6.03. The van der Waals surface area contributed by atoms with Crippen LogP contribution in [-0.4, -0.2) is 15.4 Å². The third kappa shape index (κ3) is 2.34. The van der Waals surface area contributed by atoms with Crippen LogP contribution < -0.4 is 0 Å². The lowest BCUT2D eigenvalue weighted by Crippen LogP contribution is -2.01. The number of nitrogens with zero attached hydrogens (tertiary/aromatic N) is 2. The minimum absolute atomic E-state index is 0.546. The molecule has 1 aromatic heterocycles. The van der Waals surface area contributed by atoms with Gasteiger partial charge in [-0.3, -0.25) is 4.57 Å². The van der Waals surface area contributed by atoms with Crippen LogP contribution in [0.25, 0.3) is 16.7 Å². The van der Waals surface area contributed by atoms with Gasteiger partial charge < -0.3 is 0 Å². The average molecular weight is 291 g/mol. The molecule has 19 heavy (non-hydrogen) atoms. The van der Waals surface area contributed by atoms with Crippen LogP contribution in [0, 0.1) is 0 Å². The van der Waals surface area contributed by atoms with Crippen LogP contribution in [0.5, 0.6) is 0 Å². The fourth-order valence-electron chi connectivity index (χ4n) is 2.22. The highest BCUT2D eigenvalue weighted by atomic mass is 35.5. The van der Waals surface area contributed by atoms with Crippen molar-refractivity contribution in [2.45, 2.75) is 6.42 Å². The summed E-state index contributed by atoms with van der Waals surface area (Å²) in [4.78, 5) is 4.63. The second-order valence-electron chi connectivity index (χ2n) is 4.27. The Morgan fingerprint density at radius 1 is 1.05 bits per heavy atom. The van der Waals surface area contributed by atoms with Gasteiger partial charge in [0.1, 0.15) is 5.82 Å². The number of imidazole rings is 1. The predicted octanol–water partition coefficient (Wildman–Crippen LogP) is 4.46. The zero-order valence-electron chi connectivity index (χ0n) is 10.2. The molecule has 0 spiro atoms. The number of benzene rings is 2. The van der Waals surface area contributed by atoms with E-state index in [1.54, 1.807) is 0 Å². The van der Waals surface area contributed by atoms with Gasteiger partial charge in [-0.2, -0.15) is 0 Å². The van der Waals surface area contributed by atoms with Crippen molar-refractivity contribution >= 4 is 34.2 Å². The van der Waals surface area contributed by atoms with Crippen molar-refractivity contribution in [2.75, 3.05) is 5.88 Å². The highest BCUT2D eigenvalue weighted by molar-refractivity contribution is 6.31. The van der Waals surface area contributed by atoms with Gasteiger partial charge in [0, 0.05) is 23.0 Å². The predicted molar refractivity (Wildman–Crippen MR) is 80.5 cm³/mol. The standard InChI is InChI=1S/C15H12Cl2N2/c16-9-8-15-18-13-10-11(17)6-7-14(13)19(15)12-4-2-1-3-5-12/h1-7,10H,8-9H2. The molecule has 4 heteroatoms. The van der Waals surface area contributed by atoms with E-state index in [9.17, 15) is 0 Å². The summed E-state index contributed by atoms with van der Waals surface area (Å²) in [7, 11) is 0. The largest absolute Gasteiger partial charge is 0.296 e. The summed E-state index contributed by atoms with van der Waals surface area (Å²) < 4.78 is 2.13. The number of fused-ring (bicyclic) bond motifs is 1. The van der Waals surface area contributed by atoms with Crippen molar-refractivity contribution in [2.24, 2.45) is 0 Å². The maximum Gasteiger partial charge on any atom is 0.115 e. The first-order valence-electron chi connectivity index (χ1n) is 6.08. The van der Waals surface area contributed by atoms with Crippen LogP contribution in [0.2, 0.25) is 5.02 Å². The number of aryl methyl sites for hydroxylation is 1. The molecule has 0 amide bonds. The SMILES string of the molecule is ClCCc1nc2cc(Cl)ccc2n1-c1ccccc1. The van der Waals surface area contributed by atoms with Crippen LogP contribution in [0.4, 0.5) is 0 Å². The van der Waals surface area contributed by atoms with Crippen LogP contribution in [0.15, 0.2) is 48.5 Å². The van der Waals surface area contributed by atoms with E-state index < -0.39 is 0 Å². The molecule has 0 aliphatic rings. The molecular formula is C15H12Cl2N2. The number of para-hydroxylation sites is 1. The van der Waals surface area contributed by atoms with Gasteiger partial charge in [0.2, 0.25) is 0 Å². The van der Waals surface area contributed by atoms with Crippen molar-refractivity contribution in [3.63, 3.8) is 0 Å². The van der Waals surface area contributed by atoms with Gasteiger partial charge >= 0.3 is 0 Å². The van der Waals surface area contributed by atoms with Gasteiger partial charge in [0.05, 0.1) is 11.0 Å². The van der Waals surface area contributed by atoms with Crippen LogP contribution in [0.3, 0.4) is 0 Å². The van der Waals surface area contributed by atoms with E-state index in [2.05, 4.69) is 21.7 Å². The molecule has 0 aliphatic carbocycles. The molecule has 0 atom stereocenters. The zero-order chi connectivity index (χ0) is 13.2. The Bertz CT molecular complexity index is 705. The molecule has 1 heterocycles. The molecule has 0 radical (unpaired) electrons. The lowest BCUT2D eigenvalue weighted by Gasteiger charge is -2.08. The molecular weight excluding hydrogens is 279 g/mol. The molecule has 3 aromatic rings. The van der Waals surface area contributed by atoms with Gasteiger partial charge in [-0.1, -0.05) is 29.8 Å². The molecule has 0 unspecified atom stereocenters. The second-order valence-corrected chi connectivity index (χ2v) is 5.09. The monoisotopic (exact) mass is 290 g/mol. The summed E-state index contributed by atoms with van der Waals surface area (Å²) in [6.07, 6.45) is 0.725. The van der Waals surface area contributed by atoms with E-state index in [-0.39, 0.29) is 0 Å². The van der Waals surface area contributed by atoms with Gasteiger partial charge in [-0.25, -0.2) is 4.98 Å². The molecule has 3 rings (SSSR count). The molecule has 0 fully saturated rings. The Morgan fingerprint density at radius 2 is 1.84 bits per heavy atom. The normalized spacial score (nSPS) is 11.1. The smallest absolute Gasteiger partial charge is 0.115 e. The number of hydrogen-bond acceptors (Lipinski definition) is 1. The highest BCUT2D eigenvalue weighted by Crippen LogP contribution is 2.24. The lowest BCUT2D eigenvalue weighted by molar-refractivity contribution is 0.912. The molecule has 0 N–H and O–H groups in total. The Balaban J connectivity index is 2.28. The number of aromatic nitrogens is 2. The second kappa shape index (κ2) is 5.24. The molecule has 0 aliphatic heterocycles. The minimum Gasteiger partial charge on any atom is -0.296 e. The third-order valence-corrected chi connectivity index (χ3v) is 3.44. The maximum absolute atomic E-state index is 6.03. The summed E-state index contributed by atoms with van der Waals surface area (Å²) in [5.41, 5.74) is 3.04. The van der Waals surface area contributed by atoms with E-state index in [0.29, 0.717) is 10.9 Å². The fourth-order valence-corrected chi connectivity index (χ4v) is 2.56. The molecule has 0 saturated heterocycles. The van der Waals surface area contributed by atoms with E-state index in [1.165, 1.54) is 0 Å². The molecule has 0 bridgehead atoms. The van der Waals surface area contributed by atoms with Gasteiger partial charge in [0.25, 0.3) is 0 Å². The summed E-state index contributed by atoms with van der Waals surface area (Å²) in [5.74, 6) is 1.50. The van der Waals surface area contributed by atoms with Gasteiger partial charge in [-0.05, 0) is 30.3 Å². The van der Waals surface area contributed by atoms with Crippen molar-refractivity contribution < 1.29 is 0 Å². The van der Waals surface area contributed by atoms with Crippen molar-refractivity contribution in [3.8, 4) is 5.69 Å². The minimum atomic E-state index is 0.546. The molecule has 2 nitrogen and oxygen atoms in total. The summed E-state index contributed by atoms with van der Waals surface area (Å²) in [6.45, 7) is 0. The highest BCUT2D eigenvalue weighted by Gasteiger charge is 2.11. The Kier molecular flexibility index (Phi) is 3.45. The Morgan fingerprint density at radius 3 is 2.58 bits per heavy atom. The van der Waals surface area contributed by atoms with E-state index in [0.717, 1.165) is 29.0 Å². The first-order chi connectivity index (χ1) is 9.29. The molecule has 0 saturated carbocycles. The van der Waals surface area contributed by atoms with E-state index in [4.69, 9.17) is 23.2 Å². The Hall–Kier alpha value is -1.51. The summed E-state index contributed by atoms with van der Waals surface area (Å²) >= 11 is 11.9. The number of rotatable bonds is 3. The molecule has 96 valence electrons. The van der Waals surface area contributed by atoms with Crippen LogP contribution in [0.1, 0.15) is 5.82 Å². The first-order valence-corrected chi connectivity index (χ1v) is 6.99. The number of halogens is 2. The summed E-state index contributed by atoms with van der Waals surface area (Å²) in [5, 5.41) is 0.697. The van der Waals surface area contributed by atoms with Crippen LogP contribution >= 0.6 is 23.2 Å². The van der Waals surface area contributed by atoms with Crippen molar-refractivity contribution in [1.82, 2.24) is 9.55 Å². The van der Waals surface area contributed by atoms with E-state index >= 15 is 0 Å². The van der Waals surface area contributed by atoms with E-state index in [1.807, 2.05) is 36.4 Å². The fraction of sp³-hybridized carbons (Fsp3) is 0.133. The summed E-state index contributed by atoms with van der Waals surface area (Å²) in [6, 6.07) is 15.9. The van der Waals surface area contributed by atoms with Gasteiger partial charge in [-0.15, -0.1) is 11.6 Å². The molecule has 2 aromatic carbocycles. The van der Waals surface area contributed by atoms with Crippen molar-refractivity contribution in [3.05, 3.63) is 59.4 Å².